The number of fused-ring (bicyclic) bond motifs is 1. The number of carbonyl (C=O) groups is 1. The van der Waals surface area contributed by atoms with E-state index in [-0.39, 0.29) is 45.4 Å². The van der Waals surface area contributed by atoms with Crippen molar-refractivity contribution in [1.82, 2.24) is 4.57 Å². The summed E-state index contributed by atoms with van der Waals surface area (Å²) in [6, 6.07) is 4.24. The molecule has 2 aromatic carbocycles. The number of anilines is 1. The maximum absolute atomic E-state index is 15.4. The van der Waals surface area contributed by atoms with Crippen molar-refractivity contribution in [2.75, 3.05) is 51.5 Å². The zero-order valence-electron chi connectivity index (χ0n) is 23.9. The Morgan fingerprint density at radius 1 is 1.15 bits per heavy atom. The second-order valence-electron chi connectivity index (χ2n) is 11.0. The number of benzene rings is 2. The van der Waals surface area contributed by atoms with Gasteiger partial charge in [-0.1, -0.05) is 20.8 Å². The number of rotatable bonds is 8. The summed E-state index contributed by atoms with van der Waals surface area (Å²) >= 11 is 1.67. The second-order valence-corrected chi connectivity index (χ2v) is 12.1. The number of methoxy groups -OCH3 is 1. The highest BCUT2D eigenvalue weighted by atomic mass is 127. The largest absolute Gasteiger partial charge is 0.496 e. The first kappa shape index (κ1) is 31.2. The Hall–Kier alpha value is -2.77. The van der Waals surface area contributed by atoms with E-state index < -0.39 is 34.5 Å². The molecule has 1 fully saturated rings. The van der Waals surface area contributed by atoms with E-state index in [9.17, 15) is 14.7 Å². The SMILES string of the molecule is CCOC(=O)c1cn(C(CO)C(C)(C)C)c2cc(OC)c(Cc3cc(N4CCOCC4)c(F)c(I)c3F)cc2c1=O. The molecule has 1 aliphatic heterocycles. The molecule has 3 aromatic rings. The highest BCUT2D eigenvalue weighted by molar-refractivity contribution is 14.1. The molecule has 0 spiro atoms. The van der Waals surface area contributed by atoms with Crippen molar-refractivity contribution in [3.05, 3.63) is 66.5 Å². The Labute approximate surface area is 251 Å². The number of aliphatic hydroxyl groups excluding tert-OH is 1. The van der Waals surface area contributed by atoms with Gasteiger partial charge in [-0.2, -0.15) is 0 Å². The van der Waals surface area contributed by atoms with Crippen LogP contribution in [0.1, 0.15) is 55.2 Å². The van der Waals surface area contributed by atoms with Crippen molar-refractivity contribution in [1.29, 1.82) is 0 Å². The van der Waals surface area contributed by atoms with Crippen LogP contribution in [0.5, 0.6) is 5.75 Å². The van der Waals surface area contributed by atoms with E-state index >= 15 is 8.78 Å². The Balaban J connectivity index is 1.94. The number of ether oxygens (including phenoxy) is 3. The quantitative estimate of drug-likeness (QED) is 0.201. The molecule has 0 bridgehead atoms. The fourth-order valence-electron chi connectivity index (χ4n) is 5.15. The van der Waals surface area contributed by atoms with E-state index in [1.165, 1.54) is 19.4 Å². The van der Waals surface area contributed by atoms with Crippen LogP contribution in [0.15, 0.2) is 29.2 Å². The van der Waals surface area contributed by atoms with E-state index in [4.69, 9.17) is 14.2 Å². The van der Waals surface area contributed by atoms with Crippen molar-refractivity contribution >= 4 is 45.2 Å². The first-order valence-electron chi connectivity index (χ1n) is 13.5. The van der Waals surface area contributed by atoms with Gasteiger partial charge in [0.25, 0.3) is 0 Å². The number of esters is 1. The number of aromatic nitrogens is 1. The van der Waals surface area contributed by atoms with Crippen molar-refractivity contribution < 1.29 is 32.9 Å². The molecule has 2 heterocycles. The fourth-order valence-corrected chi connectivity index (χ4v) is 5.77. The van der Waals surface area contributed by atoms with Crippen LogP contribution < -0.4 is 15.1 Å². The van der Waals surface area contributed by atoms with Gasteiger partial charge in [0.2, 0.25) is 5.43 Å². The number of pyridine rings is 1. The molecule has 1 aliphatic rings. The van der Waals surface area contributed by atoms with E-state index in [1.807, 2.05) is 25.7 Å². The lowest BCUT2D eigenvalue weighted by molar-refractivity contribution is 0.0522. The monoisotopic (exact) mass is 684 g/mol. The van der Waals surface area contributed by atoms with Crippen molar-refractivity contribution in [2.45, 2.75) is 40.2 Å². The molecular formula is C30H35F2IN2O6. The zero-order valence-corrected chi connectivity index (χ0v) is 26.0. The maximum atomic E-state index is 15.4. The predicted octanol–water partition coefficient (Wildman–Crippen LogP) is 5.08. The van der Waals surface area contributed by atoms with E-state index in [1.54, 1.807) is 46.2 Å². The number of morpholine rings is 1. The molecule has 1 unspecified atom stereocenters. The van der Waals surface area contributed by atoms with Crippen LogP contribution in [-0.4, -0.2) is 62.3 Å². The van der Waals surface area contributed by atoms with Crippen LogP contribution in [0.3, 0.4) is 0 Å². The predicted molar refractivity (Wildman–Crippen MR) is 161 cm³/mol. The minimum atomic E-state index is -0.773. The van der Waals surface area contributed by atoms with Crippen LogP contribution in [0.2, 0.25) is 0 Å². The summed E-state index contributed by atoms with van der Waals surface area (Å²) in [7, 11) is 1.47. The number of hydrogen-bond donors (Lipinski definition) is 1. The van der Waals surface area contributed by atoms with E-state index in [0.29, 0.717) is 43.1 Å². The molecule has 0 amide bonds. The Kier molecular flexibility index (Phi) is 9.59. The minimum absolute atomic E-state index is 0.00431. The third kappa shape index (κ3) is 6.21. The van der Waals surface area contributed by atoms with Gasteiger partial charge >= 0.3 is 5.97 Å². The molecule has 0 aliphatic carbocycles. The van der Waals surface area contributed by atoms with Crippen LogP contribution in [0.25, 0.3) is 10.9 Å². The Morgan fingerprint density at radius 3 is 2.41 bits per heavy atom. The molecule has 11 heteroatoms. The first-order valence-corrected chi connectivity index (χ1v) is 14.5. The summed E-state index contributed by atoms with van der Waals surface area (Å²) in [5.74, 6) is -1.70. The number of halogens is 3. The van der Waals surface area contributed by atoms with E-state index in [0.717, 1.165) is 0 Å². The van der Waals surface area contributed by atoms with Gasteiger partial charge < -0.3 is 28.8 Å². The molecule has 0 saturated carbocycles. The van der Waals surface area contributed by atoms with Gasteiger partial charge in [-0.05, 0) is 58.2 Å². The van der Waals surface area contributed by atoms with Gasteiger partial charge in [0.1, 0.15) is 17.1 Å². The van der Waals surface area contributed by atoms with Gasteiger partial charge in [-0.15, -0.1) is 0 Å². The maximum Gasteiger partial charge on any atom is 0.343 e. The number of nitrogens with zero attached hydrogens (tertiary/aromatic N) is 2. The molecule has 4 rings (SSSR count). The van der Waals surface area contributed by atoms with Crippen molar-refractivity contribution in [3.8, 4) is 5.75 Å². The highest BCUT2D eigenvalue weighted by Gasteiger charge is 2.29. The van der Waals surface area contributed by atoms with Gasteiger partial charge in [-0.25, -0.2) is 13.6 Å². The average molecular weight is 685 g/mol. The van der Waals surface area contributed by atoms with Crippen LogP contribution in [-0.2, 0) is 15.9 Å². The fraction of sp³-hybridized carbons (Fsp3) is 0.467. The first-order chi connectivity index (χ1) is 19.4. The summed E-state index contributed by atoms with van der Waals surface area (Å²) in [4.78, 5) is 28.3. The normalized spacial score (nSPS) is 14.8. The van der Waals surface area contributed by atoms with Crippen LogP contribution in [0, 0.1) is 20.6 Å². The van der Waals surface area contributed by atoms with Gasteiger partial charge in [-0.3, -0.25) is 4.79 Å². The third-order valence-electron chi connectivity index (χ3n) is 7.37. The topological polar surface area (TPSA) is 90.2 Å². The Morgan fingerprint density at radius 2 is 1.83 bits per heavy atom. The summed E-state index contributed by atoms with van der Waals surface area (Å²) < 4.78 is 48.4. The van der Waals surface area contributed by atoms with E-state index in [2.05, 4.69) is 0 Å². The lowest BCUT2D eigenvalue weighted by atomic mass is 9.86. The van der Waals surface area contributed by atoms with Crippen molar-refractivity contribution in [2.24, 2.45) is 5.41 Å². The lowest BCUT2D eigenvalue weighted by Gasteiger charge is -2.33. The summed E-state index contributed by atoms with van der Waals surface area (Å²) in [6.07, 6.45) is 1.43. The van der Waals surface area contributed by atoms with Crippen molar-refractivity contribution in [3.63, 3.8) is 0 Å². The van der Waals surface area contributed by atoms with Gasteiger partial charge in [0.15, 0.2) is 5.82 Å². The summed E-state index contributed by atoms with van der Waals surface area (Å²) in [6.45, 7) is 9.16. The van der Waals surface area contributed by atoms with Gasteiger partial charge in [0, 0.05) is 37.2 Å². The molecule has 1 saturated heterocycles. The molecule has 1 atom stereocenters. The molecule has 8 nitrogen and oxygen atoms in total. The summed E-state index contributed by atoms with van der Waals surface area (Å²) in [5.41, 5.74) is 0.286. The third-order valence-corrected chi connectivity index (χ3v) is 8.32. The average Bonchev–Trinajstić information content (AvgIpc) is 2.94. The molecule has 0 radical (unpaired) electrons. The van der Waals surface area contributed by atoms with Gasteiger partial charge in [0.05, 0.1) is 54.4 Å². The van der Waals surface area contributed by atoms with Crippen LogP contribution in [0.4, 0.5) is 14.5 Å². The summed E-state index contributed by atoms with van der Waals surface area (Å²) in [5, 5.41) is 10.5. The zero-order chi connectivity index (χ0) is 30.1. The Bertz CT molecular complexity index is 1510. The minimum Gasteiger partial charge on any atom is -0.496 e. The van der Waals surface area contributed by atoms with Crippen LogP contribution >= 0.6 is 22.6 Å². The molecular weight excluding hydrogens is 649 g/mol. The molecule has 1 aromatic heterocycles. The number of hydrogen-bond acceptors (Lipinski definition) is 7. The standard InChI is InChI=1S/C30H35F2IN2O6/c1-6-41-29(38)20-15-35(24(16-36)30(2,3)4)21-14-23(39-5)17(12-19(21)28(20)37)11-18-13-22(26(32)27(33)25(18)31)34-7-9-40-10-8-34/h12-15,24,36H,6-11,16H2,1-5H3. The number of carbonyl (C=O) groups excluding carboxylic acids is 1. The lowest BCUT2D eigenvalue weighted by Crippen LogP contribution is -2.37. The highest BCUT2D eigenvalue weighted by Crippen LogP contribution is 2.36. The molecule has 222 valence electrons. The smallest absolute Gasteiger partial charge is 0.343 e. The second kappa shape index (κ2) is 12.6. The number of aliphatic hydroxyl groups is 1. The molecule has 1 N–H and O–H groups in total. The molecule has 41 heavy (non-hydrogen) atoms.